The number of carbonyl (C=O) groups is 1. The van der Waals surface area contributed by atoms with Crippen LogP contribution in [0, 0.1) is 12.8 Å². The summed E-state index contributed by atoms with van der Waals surface area (Å²) in [6, 6.07) is 11.6. The van der Waals surface area contributed by atoms with Crippen LogP contribution < -0.4 is 20.3 Å². The first-order valence-corrected chi connectivity index (χ1v) is 12.9. The van der Waals surface area contributed by atoms with Crippen molar-refractivity contribution in [3.8, 4) is 11.5 Å². The van der Waals surface area contributed by atoms with Gasteiger partial charge in [0.1, 0.15) is 34.4 Å². The predicted octanol–water partition coefficient (Wildman–Crippen LogP) is 3.67. The summed E-state index contributed by atoms with van der Waals surface area (Å²) in [5, 5.41) is 14.5. The van der Waals surface area contributed by atoms with Gasteiger partial charge < -0.3 is 20.3 Å². The molecule has 3 aromatic heterocycles. The number of ether oxygens (including phenoxy) is 1. The number of aromatic nitrogens is 7. The van der Waals surface area contributed by atoms with Crippen LogP contribution in [0.4, 0.5) is 17.5 Å². The van der Waals surface area contributed by atoms with Gasteiger partial charge in [-0.1, -0.05) is 11.8 Å². The Labute approximate surface area is 230 Å². The summed E-state index contributed by atoms with van der Waals surface area (Å²) < 4.78 is 7.86. The van der Waals surface area contributed by atoms with Crippen molar-refractivity contribution in [1.29, 1.82) is 0 Å². The first kappa shape index (κ1) is 25.2. The number of rotatable bonds is 8. The highest BCUT2D eigenvalue weighted by atomic mass is 16.5. The number of nitrogens with zero attached hydrogens (tertiary/aromatic N) is 8. The summed E-state index contributed by atoms with van der Waals surface area (Å²) >= 11 is 0. The van der Waals surface area contributed by atoms with E-state index in [-0.39, 0.29) is 5.91 Å². The number of aryl methyl sites for hydroxylation is 2. The lowest BCUT2D eigenvalue weighted by molar-refractivity contribution is -0.116. The fourth-order valence-corrected chi connectivity index (χ4v) is 4.78. The third kappa shape index (κ3) is 5.10. The Morgan fingerprint density at radius 3 is 2.92 bits per heavy atom. The number of benzene rings is 2. The highest BCUT2D eigenvalue weighted by molar-refractivity contribution is 5.87. The molecule has 0 saturated carbocycles. The Balaban J connectivity index is 1.18. The second kappa shape index (κ2) is 10.6. The summed E-state index contributed by atoms with van der Waals surface area (Å²) in [6.45, 7) is 7.64. The molecule has 0 aliphatic carbocycles. The molecular weight excluding hydrogens is 508 g/mol. The average Bonchev–Trinajstić information content (AvgIpc) is 3.60. The Kier molecular flexibility index (Phi) is 6.64. The van der Waals surface area contributed by atoms with E-state index < -0.39 is 0 Å². The zero-order valence-electron chi connectivity index (χ0n) is 22.2. The van der Waals surface area contributed by atoms with Gasteiger partial charge in [0.05, 0.1) is 11.7 Å². The molecule has 4 heterocycles. The summed E-state index contributed by atoms with van der Waals surface area (Å²) in [4.78, 5) is 31.8. The number of nitrogens with one attached hydrogen (secondary N) is 2. The maximum absolute atomic E-state index is 11.5. The monoisotopic (exact) mass is 536 g/mol. The standard InChI is InChI=1S/C28H28N10O2/c1-4-25(39)29-13-18-9-10-38(15-18)28-30-14-22-26(34-28)27(32-16-31-22)33-19-5-8-24(17(2)11-19)40-20-6-7-23-21(12-20)35-36-37(23)3/h4-8,11-12,14,16,18H,1,9-10,13,15H2,2-3H3,(H,29,39)(H,31,32,33)/t18-/m1/s1. The molecule has 1 aliphatic rings. The van der Waals surface area contributed by atoms with E-state index in [2.05, 4.69) is 47.4 Å². The van der Waals surface area contributed by atoms with Crippen molar-refractivity contribution >= 4 is 45.4 Å². The van der Waals surface area contributed by atoms with Crippen molar-refractivity contribution in [1.82, 2.24) is 40.2 Å². The summed E-state index contributed by atoms with van der Waals surface area (Å²) in [5.41, 5.74) is 4.78. The zero-order chi connectivity index (χ0) is 27.6. The van der Waals surface area contributed by atoms with E-state index in [4.69, 9.17) is 9.72 Å². The van der Waals surface area contributed by atoms with Crippen LogP contribution in [-0.2, 0) is 11.8 Å². The van der Waals surface area contributed by atoms with E-state index in [0.29, 0.717) is 41.0 Å². The van der Waals surface area contributed by atoms with Crippen LogP contribution in [0.2, 0.25) is 0 Å². The van der Waals surface area contributed by atoms with Gasteiger partial charge in [-0.3, -0.25) is 4.79 Å². The van der Waals surface area contributed by atoms with Gasteiger partial charge in [-0.25, -0.2) is 24.6 Å². The van der Waals surface area contributed by atoms with Gasteiger partial charge in [0, 0.05) is 38.4 Å². The molecular formula is C28H28N10O2. The van der Waals surface area contributed by atoms with Gasteiger partial charge in [-0.05, 0) is 61.2 Å². The normalized spacial score (nSPS) is 14.9. The molecule has 0 bridgehead atoms. The number of fused-ring (bicyclic) bond motifs is 2. The molecule has 40 heavy (non-hydrogen) atoms. The SMILES string of the molecule is C=CC(=O)NC[C@H]1CCN(c2ncc3ncnc(Nc4ccc(Oc5ccc6c(c5)nnn6C)c(C)c4)c3n2)C1. The number of hydrogen-bond acceptors (Lipinski definition) is 10. The molecule has 1 aliphatic heterocycles. The molecule has 6 rings (SSSR count). The van der Waals surface area contributed by atoms with E-state index in [0.717, 1.165) is 47.5 Å². The van der Waals surface area contributed by atoms with Crippen LogP contribution >= 0.6 is 0 Å². The van der Waals surface area contributed by atoms with Crippen molar-refractivity contribution in [3.05, 3.63) is 67.1 Å². The second-order valence-corrected chi connectivity index (χ2v) is 9.75. The van der Waals surface area contributed by atoms with Crippen LogP contribution in [0.15, 0.2) is 61.6 Å². The fraction of sp³-hybridized carbons (Fsp3) is 0.250. The molecule has 0 spiro atoms. The van der Waals surface area contributed by atoms with Gasteiger partial charge in [0.15, 0.2) is 5.82 Å². The van der Waals surface area contributed by atoms with Gasteiger partial charge in [-0.2, -0.15) is 0 Å². The number of anilines is 3. The lowest BCUT2D eigenvalue weighted by Gasteiger charge is -2.17. The van der Waals surface area contributed by atoms with Crippen molar-refractivity contribution in [2.75, 3.05) is 29.9 Å². The number of carbonyl (C=O) groups excluding carboxylic acids is 1. The predicted molar refractivity (Wildman–Crippen MR) is 152 cm³/mol. The minimum absolute atomic E-state index is 0.161. The number of hydrogen-bond donors (Lipinski definition) is 2. The topological polar surface area (TPSA) is 136 Å². The molecule has 1 amide bonds. The van der Waals surface area contributed by atoms with Crippen molar-refractivity contribution in [3.63, 3.8) is 0 Å². The number of amides is 1. The minimum atomic E-state index is -0.161. The Morgan fingerprint density at radius 1 is 1.18 bits per heavy atom. The van der Waals surface area contributed by atoms with Crippen LogP contribution in [-0.4, -0.2) is 60.5 Å². The Hall–Kier alpha value is -5.13. The summed E-state index contributed by atoms with van der Waals surface area (Å²) in [6.07, 6.45) is 5.44. The third-order valence-corrected chi connectivity index (χ3v) is 6.93. The molecule has 1 saturated heterocycles. The average molecular weight is 537 g/mol. The van der Waals surface area contributed by atoms with Gasteiger partial charge in [0.2, 0.25) is 11.9 Å². The summed E-state index contributed by atoms with van der Waals surface area (Å²) in [5.74, 6) is 2.78. The van der Waals surface area contributed by atoms with Crippen LogP contribution in [0.1, 0.15) is 12.0 Å². The largest absolute Gasteiger partial charge is 0.457 e. The molecule has 1 fully saturated rings. The molecule has 12 nitrogen and oxygen atoms in total. The first-order valence-electron chi connectivity index (χ1n) is 12.9. The lowest BCUT2D eigenvalue weighted by atomic mass is 10.1. The van der Waals surface area contributed by atoms with Gasteiger partial charge in [-0.15, -0.1) is 5.10 Å². The van der Waals surface area contributed by atoms with Gasteiger partial charge in [0.25, 0.3) is 0 Å². The van der Waals surface area contributed by atoms with Crippen LogP contribution in [0.3, 0.4) is 0 Å². The van der Waals surface area contributed by atoms with E-state index in [1.54, 1.807) is 10.9 Å². The molecule has 12 heteroatoms. The van der Waals surface area contributed by atoms with Crippen molar-refractivity contribution < 1.29 is 9.53 Å². The van der Waals surface area contributed by atoms with Crippen molar-refractivity contribution in [2.45, 2.75) is 13.3 Å². The fourth-order valence-electron chi connectivity index (χ4n) is 4.78. The Bertz CT molecular complexity index is 1730. The molecule has 2 N–H and O–H groups in total. The van der Waals surface area contributed by atoms with E-state index in [1.165, 1.54) is 12.4 Å². The van der Waals surface area contributed by atoms with Crippen molar-refractivity contribution in [2.24, 2.45) is 13.0 Å². The van der Waals surface area contributed by atoms with Gasteiger partial charge >= 0.3 is 0 Å². The quantitative estimate of drug-likeness (QED) is 0.283. The highest BCUT2D eigenvalue weighted by Crippen LogP contribution is 2.31. The maximum Gasteiger partial charge on any atom is 0.243 e. The van der Waals surface area contributed by atoms with Crippen LogP contribution in [0.5, 0.6) is 11.5 Å². The van der Waals surface area contributed by atoms with E-state index in [9.17, 15) is 4.79 Å². The second-order valence-electron chi connectivity index (χ2n) is 9.75. The smallest absolute Gasteiger partial charge is 0.243 e. The zero-order valence-corrected chi connectivity index (χ0v) is 22.2. The lowest BCUT2D eigenvalue weighted by Crippen LogP contribution is -2.30. The molecule has 2 aromatic carbocycles. The van der Waals surface area contributed by atoms with E-state index in [1.807, 2.05) is 50.4 Å². The minimum Gasteiger partial charge on any atom is -0.457 e. The third-order valence-electron chi connectivity index (χ3n) is 6.93. The summed E-state index contributed by atoms with van der Waals surface area (Å²) in [7, 11) is 1.86. The highest BCUT2D eigenvalue weighted by Gasteiger charge is 2.25. The molecule has 5 aromatic rings. The molecule has 202 valence electrons. The molecule has 0 radical (unpaired) electrons. The maximum atomic E-state index is 11.5. The molecule has 1 atom stereocenters. The van der Waals surface area contributed by atoms with Crippen LogP contribution in [0.25, 0.3) is 22.1 Å². The Morgan fingerprint density at radius 2 is 2.08 bits per heavy atom. The first-order chi connectivity index (χ1) is 19.5. The molecule has 0 unspecified atom stereocenters. The van der Waals surface area contributed by atoms with E-state index >= 15 is 0 Å².